The van der Waals surface area contributed by atoms with Crippen LogP contribution in [0.1, 0.15) is 37.4 Å². The van der Waals surface area contributed by atoms with Gasteiger partial charge in [-0.2, -0.15) is 0 Å². The maximum Gasteiger partial charge on any atom is 0.336 e. The van der Waals surface area contributed by atoms with Gasteiger partial charge in [0.05, 0.1) is 5.56 Å². The van der Waals surface area contributed by atoms with E-state index >= 15 is 0 Å². The van der Waals surface area contributed by atoms with Gasteiger partial charge in [0, 0.05) is 11.1 Å². The molecule has 0 spiro atoms. The number of carbonyl (C=O) groups is 2. The van der Waals surface area contributed by atoms with Gasteiger partial charge in [0.15, 0.2) is 5.78 Å². The summed E-state index contributed by atoms with van der Waals surface area (Å²) >= 11 is 0. The van der Waals surface area contributed by atoms with Crippen LogP contribution < -0.4 is 0 Å². The molecule has 0 fully saturated rings. The standard InChI is InChI=1S/C17H12O3/c18-16(14-6-1-2-7-15(14)17(19)20)13-9-8-11-4-3-5-12(11)10-13/h1-4,6-10H,5H2,(H,19,20). The Hall–Kier alpha value is -2.68. The highest BCUT2D eigenvalue weighted by Crippen LogP contribution is 2.23. The lowest BCUT2D eigenvalue weighted by Crippen LogP contribution is -2.09. The van der Waals surface area contributed by atoms with Gasteiger partial charge < -0.3 is 5.11 Å². The third-order valence-electron chi connectivity index (χ3n) is 3.44. The smallest absolute Gasteiger partial charge is 0.336 e. The Morgan fingerprint density at radius 3 is 2.50 bits per heavy atom. The molecule has 2 aromatic carbocycles. The lowest BCUT2D eigenvalue weighted by atomic mass is 9.96. The zero-order valence-electron chi connectivity index (χ0n) is 10.7. The molecular formula is C17H12O3. The average Bonchev–Trinajstić information content (AvgIpc) is 2.93. The summed E-state index contributed by atoms with van der Waals surface area (Å²) in [6.45, 7) is 0. The van der Waals surface area contributed by atoms with Gasteiger partial charge in [-0.15, -0.1) is 0 Å². The van der Waals surface area contributed by atoms with Crippen molar-refractivity contribution >= 4 is 17.8 Å². The van der Waals surface area contributed by atoms with Crippen LogP contribution in [0.25, 0.3) is 6.08 Å². The monoisotopic (exact) mass is 264 g/mol. The number of hydrogen-bond donors (Lipinski definition) is 1. The van der Waals surface area contributed by atoms with Crippen molar-refractivity contribution in [3.05, 3.63) is 76.4 Å². The number of benzene rings is 2. The number of aromatic carboxylic acids is 1. The summed E-state index contributed by atoms with van der Waals surface area (Å²) in [7, 11) is 0. The lowest BCUT2D eigenvalue weighted by molar-refractivity contribution is 0.0693. The Labute approximate surface area is 116 Å². The number of ketones is 1. The van der Waals surface area contributed by atoms with Crippen LogP contribution in [0.15, 0.2) is 48.5 Å². The van der Waals surface area contributed by atoms with Gasteiger partial charge in [-0.25, -0.2) is 4.79 Å². The molecule has 3 heteroatoms. The Balaban J connectivity index is 2.04. The predicted octanol–water partition coefficient (Wildman–Crippen LogP) is 3.19. The molecule has 3 rings (SSSR count). The minimum absolute atomic E-state index is 0.0381. The largest absolute Gasteiger partial charge is 0.478 e. The van der Waals surface area contributed by atoms with Crippen LogP contribution >= 0.6 is 0 Å². The zero-order valence-corrected chi connectivity index (χ0v) is 10.7. The topological polar surface area (TPSA) is 54.4 Å². The summed E-state index contributed by atoms with van der Waals surface area (Å²) in [5, 5.41) is 9.15. The van der Waals surface area contributed by atoms with E-state index in [1.165, 1.54) is 6.07 Å². The molecule has 2 aromatic rings. The van der Waals surface area contributed by atoms with E-state index in [0.29, 0.717) is 5.56 Å². The third-order valence-corrected chi connectivity index (χ3v) is 3.44. The molecular weight excluding hydrogens is 252 g/mol. The summed E-state index contributed by atoms with van der Waals surface area (Å²) in [5.74, 6) is -1.34. The summed E-state index contributed by atoms with van der Waals surface area (Å²) in [5.41, 5.74) is 3.01. The Morgan fingerprint density at radius 1 is 1.00 bits per heavy atom. The SMILES string of the molecule is O=C(O)c1ccccc1C(=O)c1ccc2c(c1)CC=C2. The number of carboxylic acid groups (broad SMARTS) is 1. The normalized spacial score (nSPS) is 12.2. The van der Waals surface area contributed by atoms with Crippen LogP contribution in [0.3, 0.4) is 0 Å². The zero-order chi connectivity index (χ0) is 14.1. The molecule has 1 aliphatic rings. The first kappa shape index (κ1) is 12.4. The van der Waals surface area contributed by atoms with Gasteiger partial charge in [-0.05, 0) is 29.7 Å². The van der Waals surface area contributed by atoms with E-state index < -0.39 is 5.97 Å². The van der Waals surface area contributed by atoms with Crippen molar-refractivity contribution in [1.82, 2.24) is 0 Å². The molecule has 0 aromatic heterocycles. The molecule has 1 aliphatic carbocycles. The second-order valence-corrected chi connectivity index (χ2v) is 4.70. The van der Waals surface area contributed by atoms with Gasteiger partial charge >= 0.3 is 5.97 Å². The number of fused-ring (bicyclic) bond motifs is 1. The molecule has 20 heavy (non-hydrogen) atoms. The van der Waals surface area contributed by atoms with Crippen molar-refractivity contribution in [3.63, 3.8) is 0 Å². The van der Waals surface area contributed by atoms with Crippen LogP contribution in [0.4, 0.5) is 0 Å². The van der Waals surface area contributed by atoms with Crippen molar-refractivity contribution in [3.8, 4) is 0 Å². The van der Waals surface area contributed by atoms with E-state index in [1.807, 2.05) is 24.3 Å². The van der Waals surface area contributed by atoms with Gasteiger partial charge in [-0.3, -0.25) is 4.79 Å². The molecule has 0 amide bonds. The molecule has 0 heterocycles. The fraction of sp³-hybridized carbons (Fsp3) is 0.0588. The predicted molar refractivity (Wildman–Crippen MR) is 76.0 cm³/mol. The molecule has 1 N–H and O–H groups in total. The molecule has 0 saturated carbocycles. The van der Waals surface area contributed by atoms with Crippen LogP contribution in [0.5, 0.6) is 0 Å². The van der Waals surface area contributed by atoms with E-state index in [0.717, 1.165) is 17.5 Å². The first-order valence-electron chi connectivity index (χ1n) is 6.33. The average molecular weight is 264 g/mol. The summed E-state index contributed by atoms with van der Waals surface area (Å²) in [6, 6.07) is 11.8. The quantitative estimate of drug-likeness (QED) is 0.866. The highest BCUT2D eigenvalue weighted by molar-refractivity contribution is 6.14. The highest BCUT2D eigenvalue weighted by atomic mass is 16.4. The van der Waals surface area contributed by atoms with Crippen molar-refractivity contribution in [2.75, 3.05) is 0 Å². The second kappa shape index (κ2) is 4.78. The number of carboxylic acids is 1. The van der Waals surface area contributed by atoms with E-state index in [1.54, 1.807) is 24.3 Å². The minimum atomic E-state index is -1.09. The number of allylic oxidation sites excluding steroid dienone is 1. The number of hydrogen-bond acceptors (Lipinski definition) is 2. The van der Waals surface area contributed by atoms with E-state index in [2.05, 4.69) is 0 Å². The van der Waals surface area contributed by atoms with Crippen LogP contribution in [-0.2, 0) is 6.42 Å². The highest BCUT2D eigenvalue weighted by Gasteiger charge is 2.18. The summed E-state index contributed by atoms with van der Waals surface area (Å²) < 4.78 is 0. The molecule has 0 unspecified atom stereocenters. The fourth-order valence-electron chi connectivity index (χ4n) is 2.42. The van der Waals surface area contributed by atoms with Crippen LogP contribution in [0.2, 0.25) is 0 Å². The third kappa shape index (κ3) is 2.03. The lowest BCUT2D eigenvalue weighted by Gasteiger charge is -2.07. The Kier molecular flexibility index (Phi) is 2.95. The van der Waals surface area contributed by atoms with Gasteiger partial charge in [0.25, 0.3) is 0 Å². The second-order valence-electron chi connectivity index (χ2n) is 4.70. The van der Waals surface area contributed by atoms with Crippen LogP contribution in [0, 0.1) is 0 Å². The Morgan fingerprint density at radius 2 is 1.75 bits per heavy atom. The molecule has 0 bridgehead atoms. The van der Waals surface area contributed by atoms with E-state index in [-0.39, 0.29) is 16.9 Å². The fourth-order valence-corrected chi connectivity index (χ4v) is 2.42. The first-order valence-corrected chi connectivity index (χ1v) is 6.33. The molecule has 0 saturated heterocycles. The van der Waals surface area contributed by atoms with Crippen molar-refractivity contribution in [1.29, 1.82) is 0 Å². The number of carbonyl (C=O) groups excluding carboxylic acids is 1. The Bertz CT molecular complexity index is 742. The van der Waals surface area contributed by atoms with Gasteiger partial charge in [-0.1, -0.05) is 42.5 Å². The molecule has 0 aliphatic heterocycles. The van der Waals surface area contributed by atoms with Crippen molar-refractivity contribution in [2.45, 2.75) is 6.42 Å². The maximum absolute atomic E-state index is 12.5. The van der Waals surface area contributed by atoms with Crippen molar-refractivity contribution < 1.29 is 14.7 Å². The van der Waals surface area contributed by atoms with E-state index in [4.69, 9.17) is 5.11 Å². The van der Waals surface area contributed by atoms with Gasteiger partial charge in [0.1, 0.15) is 0 Å². The molecule has 98 valence electrons. The van der Waals surface area contributed by atoms with E-state index in [9.17, 15) is 9.59 Å². The van der Waals surface area contributed by atoms with Gasteiger partial charge in [0.2, 0.25) is 0 Å². The van der Waals surface area contributed by atoms with Crippen molar-refractivity contribution in [2.24, 2.45) is 0 Å². The molecule has 3 nitrogen and oxygen atoms in total. The van der Waals surface area contributed by atoms with Crippen LogP contribution in [-0.4, -0.2) is 16.9 Å². The molecule has 0 atom stereocenters. The number of rotatable bonds is 3. The summed E-state index contributed by atoms with van der Waals surface area (Å²) in [4.78, 5) is 23.7. The summed E-state index contributed by atoms with van der Waals surface area (Å²) in [6.07, 6.45) is 4.88. The maximum atomic E-state index is 12.5. The minimum Gasteiger partial charge on any atom is -0.478 e. The molecule has 0 radical (unpaired) electrons. The first-order chi connectivity index (χ1) is 9.66.